The van der Waals surface area contributed by atoms with Crippen LogP contribution in [0.3, 0.4) is 0 Å². The Morgan fingerprint density at radius 2 is 1.71 bits per heavy atom. The Bertz CT molecular complexity index is 269. The molecule has 6 heteroatoms. The van der Waals surface area contributed by atoms with Crippen LogP contribution in [0.5, 0.6) is 0 Å². The highest BCUT2D eigenvalue weighted by Gasteiger charge is 2.28. The number of hydrogen-bond donors (Lipinski definition) is 2. The van der Waals surface area contributed by atoms with Gasteiger partial charge in [-0.3, -0.25) is 9.59 Å². The number of amides is 2. The predicted octanol–water partition coefficient (Wildman–Crippen LogP) is -1.21. The standard InChI is InChI=1S/C8H12N2O4/c9-6(11)5-1-3-10(4-2-5)7(12)8(13)14/h5H,1-4H2,(H2,9,11)(H,13,14). The van der Waals surface area contributed by atoms with Crippen LogP contribution in [0.4, 0.5) is 0 Å². The summed E-state index contributed by atoms with van der Waals surface area (Å²) in [6.07, 6.45) is 0.905. The van der Waals surface area contributed by atoms with E-state index in [1.165, 1.54) is 4.90 Å². The molecule has 0 aromatic rings. The summed E-state index contributed by atoms with van der Waals surface area (Å²) in [6, 6.07) is 0. The molecule has 2 amide bonds. The van der Waals surface area contributed by atoms with E-state index in [4.69, 9.17) is 10.8 Å². The van der Waals surface area contributed by atoms with Crippen molar-refractivity contribution in [2.45, 2.75) is 12.8 Å². The Morgan fingerprint density at radius 1 is 1.21 bits per heavy atom. The van der Waals surface area contributed by atoms with Gasteiger partial charge in [0.15, 0.2) is 0 Å². The van der Waals surface area contributed by atoms with Crippen molar-refractivity contribution in [1.82, 2.24) is 4.90 Å². The second-order valence-electron chi connectivity index (χ2n) is 3.27. The number of aliphatic carboxylic acids is 1. The number of likely N-dealkylation sites (tertiary alicyclic amines) is 1. The van der Waals surface area contributed by atoms with Crippen molar-refractivity contribution in [1.29, 1.82) is 0 Å². The molecule has 0 atom stereocenters. The van der Waals surface area contributed by atoms with Crippen molar-refractivity contribution in [2.75, 3.05) is 13.1 Å². The lowest BCUT2D eigenvalue weighted by molar-refractivity contribution is -0.156. The Balaban J connectivity index is 2.47. The van der Waals surface area contributed by atoms with Crippen molar-refractivity contribution in [2.24, 2.45) is 11.7 Å². The van der Waals surface area contributed by atoms with E-state index in [-0.39, 0.29) is 11.8 Å². The fourth-order valence-corrected chi connectivity index (χ4v) is 1.50. The maximum Gasteiger partial charge on any atom is 0.394 e. The molecule has 1 aliphatic heterocycles. The zero-order valence-electron chi connectivity index (χ0n) is 7.60. The van der Waals surface area contributed by atoms with Crippen LogP contribution in [-0.2, 0) is 14.4 Å². The van der Waals surface area contributed by atoms with Crippen LogP contribution >= 0.6 is 0 Å². The molecule has 1 fully saturated rings. The molecule has 0 aromatic carbocycles. The first-order chi connectivity index (χ1) is 6.52. The highest BCUT2D eigenvalue weighted by Crippen LogP contribution is 2.16. The first-order valence-electron chi connectivity index (χ1n) is 4.34. The van der Waals surface area contributed by atoms with E-state index in [2.05, 4.69) is 0 Å². The van der Waals surface area contributed by atoms with Crippen molar-refractivity contribution in [3.63, 3.8) is 0 Å². The molecule has 1 heterocycles. The summed E-state index contributed by atoms with van der Waals surface area (Å²) < 4.78 is 0. The van der Waals surface area contributed by atoms with Gasteiger partial charge in [0.2, 0.25) is 5.91 Å². The van der Waals surface area contributed by atoms with Gasteiger partial charge < -0.3 is 15.7 Å². The van der Waals surface area contributed by atoms with Crippen molar-refractivity contribution >= 4 is 17.8 Å². The number of carbonyl (C=O) groups excluding carboxylic acids is 2. The fraction of sp³-hybridized carbons (Fsp3) is 0.625. The van der Waals surface area contributed by atoms with E-state index in [1.807, 2.05) is 0 Å². The van der Waals surface area contributed by atoms with E-state index >= 15 is 0 Å². The Labute approximate surface area is 80.7 Å². The molecule has 78 valence electrons. The van der Waals surface area contributed by atoms with Crippen LogP contribution in [0, 0.1) is 5.92 Å². The molecule has 0 aliphatic carbocycles. The molecule has 0 bridgehead atoms. The number of nitrogens with two attached hydrogens (primary N) is 1. The largest absolute Gasteiger partial charge is 0.474 e. The Morgan fingerprint density at radius 3 is 2.07 bits per heavy atom. The monoisotopic (exact) mass is 200 g/mol. The summed E-state index contributed by atoms with van der Waals surface area (Å²) in [5, 5.41) is 8.43. The van der Waals surface area contributed by atoms with E-state index in [9.17, 15) is 14.4 Å². The molecular formula is C8H12N2O4. The van der Waals surface area contributed by atoms with Crippen LogP contribution in [0.25, 0.3) is 0 Å². The average Bonchev–Trinajstić information content (AvgIpc) is 2.16. The molecule has 3 N–H and O–H groups in total. The quantitative estimate of drug-likeness (QED) is 0.519. The summed E-state index contributed by atoms with van der Waals surface area (Å²) in [5.74, 6) is -2.98. The average molecular weight is 200 g/mol. The molecule has 1 saturated heterocycles. The van der Waals surface area contributed by atoms with Gasteiger partial charge >= 0.3 is 11.9 Å². The molecular weight excluding hydrogens is 188 g/mol. The zero-order chi connectivity index (χ0) is 10.7. The van der Waals surface area contributed by atoms with Crippen LogP contribution in [-0.4, -0.2) is 40.9 Å². The van der Waals surface area contributed by atoms with Gasteiger partial charge in [0.05, 0.1) is 0 Å². The van der Waals surface area contributed by atoms with Gasteiger partial charge in [-0.15, -0.1) is 0 Å². The molecule has 0 spiro atoms. The number of piperidine rings is 1. The van der Waals surface area contributed by atoms with E-state index in [0.29, 0.717) is 25.9 Å². The summed E-state index contributed by atoms with van der Waals surface area (Å²) in [4.78, 5) is 33.3. The van der Waals surface area contributed by atoms with Gasteiger partial charge in [0.25, 0.3) is 0 Å². The summed E-state index contributed by atoms with van der Waals surface area (Å²) in [6.45, 7) is 0.581. The number of nitrogens with zero attached hydrogens (tertiary/aromatic N) is 1. The van der Waals surface area contributed by atoms with Crippen molar-refractivity contribution in [3.05, 3.63) is 0 Å². The number of hydrogen-bond acceptors (Lipinski definition) is 3. The first kappa shape index (κ1) is 10.5. The lowest BCUT2D eigenvalue weighted by Gasteiger charge is -2.29. The molecule has 0 saturated carbocycles. The van der Waals surface area contributed by atoms with Crippen LogP contribution in [0.15, 0.2) is 0 Å². The van der Waals surface area contributed by atoms with Gasteiger partial charge in [-0.2, -0.15) is 0 Å². The fourth-order valence-electron chi connectivity index (χ4n) is 1.50. The SMILES string of the molecule is NC(=O)C1CCN(C(=O)C(=O)O)CC1. The summed E-state index contributed by atoms with van der Waals surface area (Å²) in [7, 11) is 0. The molecule has 0 aromatic heterocycles. The molecule has 14 heavy (non-hydrogen) atoms. The molecule has 0 unspecified atom stereocenters. The second-order valence-corrected chi connectivity index (χ2v) is 3.27. The molecule has 0 radical (unpaired) electrons. The normalized spacial score (nSPS) is 17.9. The van der Waals surface area contributed by atoms with Crippen LogP contribution < -0.4 is 5.73 Å². The lowest BCUT2D eigenvalue weighted by Crippen LogP contribution is -2.44. The van der Waals surface area contributed by atoms with Gasteiger partial charge in [-0.05, 0) is 12.8 Å². The lowest BCUT2D eigenvalue weighted by atomic mass is 9.96. The van der Waals surface area contributed by atoms with Gasteiger partial charge in [-0.1, -0.05) is 0 Å². The van der Waals surface area contributed by atoms with Gasteiger partial charge in [0, 0.05) is 19.0 Å². The van der Waals surface area contributed by atoms with Crippen molar-refractivity contribution in [3.8, 4) is 0 Å². The third kappa shape index (κ3) is 2.21. The zero-order valence-corrected chi connectivity index (χ0v) is 7.60. The van der Waals surface area contributed by atoms with E-state index < -0.39 is 11.9 Å². The minimum atomic E-state index is -1.46. The van der Waals surface area contributed by atoms with Gasteiger partial charge in [0.1, 0.15) is 0 Å². The van der Waals surface area contributed by atoms with E-state index in [0.717, 1.165) is 0 Å². The Kier molecular flexibility index (Phi) is 3.06. The van der Waals surface area contributed by atoms with Crippen molar-refractivity contribution < 1.29 is 19.5 Å². The number of carbonyl (C=O) groups is 3. The minimum Gasteiger partial charge on any atom is -0.474 e. The minimum absolute atomic E-state index is 0.229. The second kappa shape index (κ2) is 4.08. The summed E-state index contributed by atoms with van der Waals surface area (Å²) in [5.41, 5.74) is 5.09. The molecule has 1 aliphatic rings. The predicted molar refractivity (Wildman–Crippen MR) is 46.1 cm³/mol. The topological polar surface area (TPSA) is 101 Å². The molecule has 1 rings (SSSR count). The first-order valence-corrected chi connectivity index (χ1v) is 4.34. The number of rotatable bonds is 1. The highest BCUT2D eigenvalue weighted by molar-refractivity contribution is 6.31. The maximum absolute atomic E-state index is 11.0. The van der Waals surface area contributed by atoms with Gasteiger partial charge in [-0.25, -0.2) is 4.79 Å². The smallest absolute Gasteiger partial charge is 0.394 e. The highest BCUT2D eigenvalue weighted by atomic mass is 16.4. The number of carboxylic acid groups (broad SMARTS) is 1. The third-order valence-corrected chi connectivity index (χ3v) is 2.37. The van der Waals surface area contributed by atoms with Crippen LogP contribution in [0.2, 0.25) is 0 Å². The molecule has 6 nitrogen and oxygen atoms in total. The third-order valence-electron chi connectivity index (χ3n) is 2.37. The van der Waals surface area contributed by atoms with Crippen LogP contribution in [0.1, 0.15) is 12.8 Å². The number of carboxylic acids is 1. The maximum atomic E-state index is 11.0. The summed E-state index contributed by atoms with van der Waals surface area (Å²) >= 11 is 0. The number of primary amides is 1. The Hall–Kier alpha value is -1.59. The van der Waals surface area contributed by atoms with E-state index in [1.54, 1.807) is 0 Å².